The second-order valence-electron chi connectivity index (χ2n) is 5.27. The van der Waals surface area contributed by atoms with E-state index < -0.39 is 0 Å². The molecule has 0 N–H and O–H groups in total. The summed E-state index contributed by atoms with van der Waals surface area (Å²) in [7, 11) is 1.68. The van der Waals surface area contributed by atoms with E-state index in [9.17, 15) is 14.0 Å². The van der Waals surface area contributed by atoms with Gasteiger partial charge in [0.25, 0.3) is 0 Å². The van der Waals surface area contributed by atoms with Crippen LogP contribution in [0.3, 0.4) is 0 Å². The molecule has 112 valence electrons. The minimum Gasteiger partial charge on any atom is -0.345 e. The lowest BCUT2D eigenvalue weighted by Gasteiger charge is -2.24. The number of nitrogens with zero attached hydrogens (tertiary/aromatic N) is 2. The Bertz CT molecular complexity index is 559. The maximum Gasteiger partial charge on any atom is 0.228 e. The van der Waals surface area contributed by atoms with Crippen LogP contribution in [-0.4, -0.2) is 41.8 Å². The van der Waals surface area contributed by atoms with Gasteiger partial charge in [-0.3, -0.25) is 9.59 Å². The topological polar surface area (TPSA) is 40.6 Å². The zero-order valence-electron chi connectivity index (χ0n) is 12.1. The highest BCUT2D eigenvalue weighted by Crippen LogP contribution is 2.20. The van der Waals surface area contributed by atoms with Crippen LogP contribution in [0.1, 0.15) is 12.0 Å². The Morgan fingerprint density at radius 3 is 2.81 bits per heavy atom. The molecule has 1 aliphatic heterocycles. The molecule has 0 unspecified atom stereocenters. The fraction of sp³-hybridized carbons (Fsp3) is 0.375. The van der Waals surface area contributed by atoms with E-state index in [-0.39, 0.29) is 36.5 Å². The monoisotopic (exact) mass is 290 g/mol. The molecule has 1 saturated heterocycles. The minimum absolute atomic E-state index is 0.0298. The molecule has 1 heterocycles. The molecule has 2 rings (SSSR count). The van der Waals surface area contributed by atoms with Crippen molar-refractivity contribution in [3.05, 3.63) is 48.3 Å². The first kappa shape index (κ1) is 15.2. The molecule has 0 radical (unpaired) electrons. The third kappa shape index (κ3) is 3.48. The molecule has 1 aliphatic rings. The van der Waals surface area contributed by atoms with E-state index in [1.165, 1.54) is 6.07 Å². The highest BCUT2D eigenvalue weighted by atomic mass is 19.1. The molecule has 1 atom stereocenters. The van der Waals surface area contributed by atoms with Crippen molar-refractivity contribution in [3.8, 4) is 0 Å². The van der Waals surface area contributed by atoms with Crippen LogP contribution < -0.4 is 0 Å². The van der Waals surface area contributed by atoms with E-state index in [2.05, 4.69) is 6.58 Å². The summed E-state index contributed by atoms with van der Waals surface area (Å²) in [6, 6.07) is 6.38. The normalized spacial score (nSPS) is 17.9. The summed E-state index contributed by atoms with van der Waals surface area (Å²) in [4.78, 5) is 27.2. The molecule has 0 spiro atoms. The van der Waals surface area contributed by atoms with Gasteiger partial charge in [-0.05, 0) is 6.07 Å². The predicted octanol–water partition coefficient (Wildman–Crippen LogP) is 1.82. The first-order chi connectivity index (χ1) is 10.0. The summed E-state index contributed by atoms with van der Waals surface area (Å²) >= 11 is 0. The molecule has 2 amide bonds. The number of hydrogen-bond donors (Lipinski definition) is 0. The molecule has 0 aliphatic carbocycles. The van der Waals surface area contributed by atoms with Crippen LogP contribution in [0.4, 0.5) is 4.39 Å². The highest BCUT2D eigenvalue weighted by molar-refractivity contribution is 5.89. The van der Waals surface area contributed by atoms with Gasteiger partial charge >= 0.3 is 0 Å². The Labute approximate surface area is 123 Å². The van der Waals surface area contributed by atoms with Gasteiger partial charge < -0.3 is 9.80 Å². The average Bonchev–Trinajstić information content (AvgIpc) is 2.80. The van der Waals surface area contributed by atoms with Crippen LogP contribution in [0, 0.1) is 11.7 Å². The zero-order valence-corrected chi connectivity index (χ0v) is 12.1. The molecule has 1 aromatic carbocycles. The number of halogens is 1. The SMILES string of the molecule is C=CCN(Cc1ccccc1F)C(=O)[C@@H]1CC(=O)N(C)C1. The van der Waals surface area contributed by atoms with Gasteiger partial charge in [-0.1, -0.05) is 24.3 Å². The molecule has 21 heavy (non-hydrogen) atoms. The number of benzene rings is 1. The third-order valence-corrected chi connectivity index (χ3v) is 3.67. The minimum atomic E-state index is -0.353. The van der Waals surface area contributed by atoms with Crippen molar-refractivity contribution >= 4 is 11.8 Å². The number of hydrogen-bond acceptors (Lipinski definition) is 2. The fourth-order valence-electron chi connectivity index (χ4n) is 2.51. The molecule has 0 aromatic heterocycles. The molecule has 1 fully saturated rings. The number of carbonyl (C=O) groups is 2. The zero-order chi connectivity index (χ0) is 15.4. The predicted molar refractivity (Wildman–Crippen MR) is 77.8 cm³/mol. The second-order valence-corrected chi connectivity index (χ2v) is 5.27. The Morgan fingerprint density at radius 1 is 1.52 bits per heavy atom. The summed E-state index contributed by atoms with van der Waals surface area (Å²) in [5.74, 6) is -0.846. The molecule has 4 nitrogen and oxygen atoms in total. The van der Waals surface area contributed by atoms with Crippen molar-refractivity contribution in [2.75, 3.05) is 20.1 Å². The van der Waals surface area contributed by atoms with E-state index in [1.54, 1.807) is 41.1 Å². The molecule has 0 bridgehead atoms. The van der Waals surface area contributed by atoms with Crippen molar-refractivity contribution in [3.63, 3.8) is 0 Å². The van der Waals surface area contributed by atoms with E-state index in [4.69, 9.17) is 0 Å². The van der Waals surface area contributed by atoms with Gasteiger partial charge in [-0.15, -0.1) is 6.58 Å². The van der Waals surface area contributed by atoms with Gasteiger partial charge in [0.1, 0.15) is 5.82 Å². The van der Waals surface area contributed by atoms with Crippen molar-refractivity contribution in [2.24, 2.45) is 5.92 Å². The molecular formula is C16H19FN2O2. The van der Waals surface area contributed by atoms with Gasteiger partial charge in [-0.2, -0.15) is 0 Å². The fourth-order valence-corrected chi connectivity index (χ4v) is 2.51. The average molecular weight is 290 g/mol. The first-order valence-electron chi connectivity index (χ1n) is 6.90. The van der Waals surface area contributed by atoms with Gasteiger partial charge in [0.2, 0.25) is 11.8 Å². The lowest BCUT2D eigenvalue weighted by molar-refractivity contribution is -0.135. The van der Waals surface area contributed by atoms with Crippen LogP contribution in [0.25, 0.3) is 0 Å². The number of amides is 2. The Morgan fingerprint density at radius 2 is 2.24 bits per heavy atom. The van der Waals surface area contributed by atoms with Crippen LogP contribution in [-0.2, 0) is 16.1 Å². The standard InChI is InChI=1S/C16H19FN2O2/c1-3-8-19(11-12-6-4-5-7-14(12)17)16(21)13-9-15(20)18(2)10-13/h3-7,13H,1,8-11H2,2H3/t13-/m1/s1. The summed E-state index contributed by atoms with van der Waals surface area (Å²) in [6.07, 6.45) is 1.83. The maximum absolute atomic E-state index is 13.7. The smallest absolute Gasteiger partial charge is 0.228 e. The highest BCUT2D eigenvalue weighted by Gasteiger charge is 2.34. The van der Waals surface area contributed by atoms with E-state index >= 15 is 0 Å². The Kier molecular flexibility index (Phi) is 4.73. The van der Waals surface area contributed by atoms with Crippen LogP contribution in [0.2, 0.25) is 0 Å². The Balaban J connectivity index is 2.12. The lowest BCUT2D eigenvalue weighted by Crippen LogP contribution is -2.37. The van der Waals surface area contributed by atoms with Crippen molar-refractivity contribution in [2.45, 2.75) is 13.0 Å². The van der Waals surface area contributed by atoms with Crippen molar-refractivity contribution in [1.82, 2.24) is 9.80 Å². The van der Waals surface area contributed by atoms with Gasteiger partial charge in [0, 0.05) is 38.7 Å². The summed E-state index contributed by atoms with van der Waals surface area (Å²) < 4.78 is 13.7. The van der Waals surface area contributed by atoms with Crippen LogP contribution in [0.15, 0.2) is 36.9 Å². The molecule has 0 saturated carbocycles. The Hall–Kier alpha value is -2.17. The van der Waals surface area contributed by atoms with E-state index in [0.717, 1.165) is 0 Å². The number of carbonyl (C=O) groups excluding carboxylic acids is 2. The van der Waals surface area contributed by atoms with Crippen LogP contribution in [0.5, 0.6) is 0 Å². The molecule has 1 aromatic rings. The number of rotatable bonds is 5. The van der Waals surface area contributed by atoms with E-state index in [1.807, 2.05) is 0 Å². The van der Waals surface area contributed by atoms with Crippen molar-refractivity contribution < 1.29 is 14.0 Å². The maximum atomic E-state index is 13.7. The van der Waals surface area contributed by atoms with Crippen molar-refractivity contribution in [1.29, 1.82) is 0 Å². The quantitative estimate of drug-likeness (QED) is 0.776. The van der Waals surface area contributed by atoms with Gasteiger partial charge in [0.15, 0.2) is 0 Å². The van der Waals surface area contributed by atoms with Crippen LogP contribution >= 0.6 is 0 Å². The van der Waals surface area contributed by atoms with E-state index in [0.29, 0.717) is 18.7 Å². The first-order valence-corrected chi connectivity index (χ1v) is 6.90. The summed E-state index contributed by atoms with van der Waals surface area (Å²) in [5, 5.41) is 0. The molecular weight excluding hydrogens is 271 g/mol. The largest absolute Gasteiger partial charge is 0.345 e. The molecule has 5 heteroatoms. The lowest BCUT2D eigenvalue weighted by atomic mass is 10.1. The number of likely N-dealkylation sites (tertiary alicyclic amines) is 1. The third-order valence-electron chi connectivity index (χ3n) is 3.67. The second kappa shape index (κ2) is 6.52. The summed E-state index contributed by atoms with van der Waals surface area (Å²) in [5.41, 5.74) is 0.463. The van der Waals surface area contributed by atoms with Gasteiger partial charge in [-0.25, -0.2) is 4.39 Å². The summed E-state index contributed by atoms with van der Waals surface area (Å²) in [6.45, 7) is 4.58. The van der Waals surface area contributed by atoms with Gasteiger partial charge in [0.05, 0.1) is 5.92 Å².